The van der Waals surface area contributed by atoms with Crippen LogP contribution in [0.15, 0.2) is 89.1 Å². The van der Waals surface area contributed by atoms with Crippen LogP contribution in [0.3, 0.4) is 0 Å². The van der Waals surface area contributed by atoms with Crippen LogP contribution >= 0.6 is 0 Å². The van der Waals surface area contributed by atoms with E-state index in [-0.39, 0.29) is 18.2 Å². The minimum absolute atomic E-state index is 0.0349. The fraction of sp³-hybridized carbons (Fsp3) is 0.192. The van der Waals surface area contributed by atoms with Crippen LogP contribution in [-0.4, -0.2) is 28.8 Å². The van der Waals surface area contributed by atoms with Crippen molar-refractivity contribution in [1.82, 2.24) is 4.57 Å². The topological polar surface area (TPSA) is 85.4 Å². The number of rotatable bonds is 9. The zero-order valence-corrected chi connectivity index (χ0v) is 18.3. The van der Waals surface area contributed by atoms with Crippen LogP contribution in [0.25, 0.3) is 10.9 Å². The molecule has 4 rings (SSSR count). The van der Waals surface area contributed by atoms with Crippen LogP contribution in [0.5, 0.6) is 17.4 Å². The molecule has 1 N–H and O–H groups in total. The van der Waals surface area contributed by atoms with Gasteiger partial charge in [0.1, 0.15) is 11.5 Å². The number of hydrogen-bond donors (Lipinski definition) is 1. The van der Waals surface area contributed by atoms with Crippen molar-refractivity contribution in [1.29, 1.82) is 0 Å². The molecular weight excluding hydrogens is 418 g/mol. The number of benzene rings is 3. The van der Waals surface area contributed by atoms with Crippen LogP contribution in [-0.2, 0) is 11.3 Å². The molecule has 33 heavy (non-hydrogen) atoms. The number of amides is 1. The summed E-state index contributed by atoms with van der Waals surface area (Å²) in [5, 5.41) is 19.4. The van der Waals surface area contributed by atoms with Gasteiger partial charge in [0.15, 0.2) is 12.3 Å². The van der Waals surface area contributed by atoms with Gasteiger partial charge in [-0.25, -0.2) is 0 Å². The number of para-hydroxylation sites is 3. The van der Waals surface area contributed by atoms with E-state index in [2.05, 4.69) is 10.2 Å². The average molecular weight is 444 g/mol. The Morgan fingerprint density at radius 1 is 0.939 bits per heavy atom. The van der Waals surface area contributed by atoms with E-state index in [1.54, 1.807) is 10.6 Å². The fourth-order valence-electron chi connectivity index (χ4n) is 3.52. The Morgan fingerprint density at radius 2 is 1.67 bits per heavy atom. The second-order valence-corrected chi connectivity index (χ2v) is 7.50. The number of fused-ring (bicyclic) bond motifs is 1. The van der Waals surface area contributed by atoms with Gasteiger partial charge in [0.2, 0.25) is 5.88 Å². The summed E-state index contributed by atoms with van der Waals surface area (Å²) in [4.78, 5) is 12.2. The number of nitrogens with zero attached hydrogens (tertiary/aromatic N) is 3. The highest BCUT2D eigenvalue weighted by atomic mass is 16.5. The maximum Gasteiger partial charge on any atom is 0.302 e. The van der Waals surface area contributed by atoms with Gasteiger partial charge in [-0.05, 0) is 43.2 Å². The van der Waals surface area contributed by atoms with Gasteiger partial charge in [0, 0.05) is 11.9 Å². The third-order valence-corrected chi connectivity index (χ3v) is 5.16. The molecule has 0 aliphatic carbocycles. The predicted octanol–water partition coefficient (Wildman–Crippen LogP) is 5.81. The first kappa shape index (κ1) is 22.1. The zero-order valence-electron chi connectivity index (χ0n) is 18.3. The number of aromatic nitrogens is 1. The molecule has 7 heteroatoms. The molecule has 0 saturated heterocycles. The Bertz CT molecular complexity index is 1270. The van der Waals surface area contributed by atoms with Crippen LogP contribution in [0.4, 0.5) is 5.69 Å². The Hall–Kier alpha value is -4.13. The molecule has 3 aromatic carbocycles. The lowest BCUT2D eigenvalue weighted by Gasteiger charge is -2.08. The van der Waals surface area contributed by atoms with E-state index in [1.165, 1.54) is 0 Å². The highest BCUT2D eigenvalue weighted by Crippen LogP contribution is 2.38. The van der Waals surface area contributed by atoms with Crippen LogP contribution < -0.4 is 9.47 Å². The first-order valence-corrected chi connectivity index (χ1v) is 10.7. The SMILES string of the molecule is Cc1ccccc1OCC(=O)N=Nc1c(O)n(CCCOc2ccccc2)c2ccccc12. The first-order chi connectivity index (χ1) is 16.1. The van der Waals surface area contributed by atoms with E-state index in [9.17, 15) is 9.90 Å². The molecule has 0 unspecified atom stereocenters. The zero-order chi connectivity index (χ0) is 23.0. The van der Waals surface area contributed by atoms with Gasteiger partial charge in [-0.3, -0.25) is 4.79 Å². The van der Waals surface area contributed by atoms with Crippen LogP contribution in [0.2, 0.25) is 0 Å². The molecular formula is C26H25N3O4. The summed E-state index contributed by atoms with van der Waals surface area (Å²) in [6.07, 6.45) is 0.681. The monoisotopic (exact) mass is 443 g/mol. The normalized spacial score (nSPS) is 11.2. The van der Waals surface area contributed by atoms with Gasteiger partial charge < -0.3 is 19.1 Å². The highest BCUT2D eigenvalue weighted by molar-refractivity contribution is 5.95. The highest BCUT2D eigenvalue weighted by Gasteiger charge is 2.16. The third kappa shape index (κ3) is 5.38. The Labute approximate surface area is 191 Å². The van der Waals surface area contributed by atoms with Crippen LogP contribution in [0, 0.1) is 6.92 Å². The lowest BCUT2D eigenvalue weighted by Crippen LogP contribution is -2.08. The molecule has 4 aromatic rings. The molecule has 0 atom stereocenters. The maximum atomic E-state index is 12.2. The molecule has 0 aliphatic rings. The molecule has 0 bridgehead atoms. The van der Waals surface area contributed by atoms with Crippen molar-refractivity contribution in [2.75, 3.05) is 13.2 Å². The summed E-state index contributed by atoms with van der Waals surface area (Å²) < 4.78 is 13.0. The standard InChI is InChI=1S/C26H25N3O4/c1-19-10-5-8-15-23(19)33-18-24(30)27-28-25-21-13-6-7-14-22(21)29(26(25)31)16-9-17-32-20-11-3-2-4-12-20/h2-8,10-15,31H,9,16-18H2,1H3. The number of hydrogen-bond acceptors (Lipinski definition) is 5. The molecule has 168 valence electrons. The van der Waals surface area contributed by atoms with Gasteiger partial charge in [-0.2, -0.15) is 0 Å². The second-order valence-electron chi connectivity index (χ2n) is 7.50. The van der Waals surface area contributed by atoms with E-state index < -0.39 is 5.91 Å². The molecule has 1 heterocycles. The largest absolute Gasteiger partial charge is 0.494 e. The van der Waals surface area contributed by atoms with E-state index in [4.69, 9.17) is 9.47 Å². The summed E-state index contributed by atoms with van der Waals surface area (Å²) >= 11 is 0. The Morgan fingerprint density at radius 3 is 2.48 bits per heavy atom. The molecule has 1 aromatic heterocycles. The Kier molecular flexibility index (Phi) is 6.99. The predicted molar refractivity (Wildman–Crippen MR) is 126 cm³/mol. The van der Waals surface area contributed by atoms with Crippen LogP contribution in [0.1, 0.15) is 12.0 Å². The molecule has 0 saturated carbocycles. The van der Waals surface area contributed by atoms with E-state index in [0.717, 1.165) is 22.2 Å². The molecule has 0 spiro atoms. The molecule has 7 nitrogen and oxygen atoms in total. The van der Waals surface area contributed by atoms with E-state index >= 15 is 0 Å². The fourth-order valence-corrected chi connectivity index (χ4v) is 3.52. The van der Waals surface area contributed by atoms with Gasteiger partial charge in [-0.15, -0.1) is 10.2 Å². The lowest BCUT2D eigenvalue weighted by atomic mass is 10.2. The molecule has 0 aliphatic heterocycles. The minimum atomic E-state index is -0.536. The van der Waals surface area contributed by atoms with Crippen molar-refractivity contribution >= 4 is 22.5 Å². The first-order valence-electron chi connectivity index (χ1n) is 10.7. The van der Waals surface area contributed by atoms with Crippen molar-refractivity contribution < 1.29 is 19.4 Å². The van der Waals surface area contributed by atoms with Crippen molar-refractivity contribution in [3.8, 4) is 17.4 Å². The number of carbonyl (C=O) groups excluding carboxylic acids is 1. The number of ether oxygens (including phenoxy) is 2. The van der Waals surface area contributed by atoms with Gasteiger partial charge in [0.05, 0.1) is 12.1 Å². The summed E-state index contributed by atoms with van der Waals surface area (Å²) in [5.41, 5.74) is 2.00. The smallest absolute Gasteiger partial charge is 0.302 e. The lowest BCUT2D eigenvalue weighted by molar-refractivity contribution is -0.120. The number of aryl methyl sites for hydroxylation is 2. The summed E-state index contributed by atoms with van der Waals surface area (Å²) in [6.45, 7) is 2.70. The summed E-state index contributed by atoms with van der Waals surface area (Å²) in [5.74, 6) is 0.858. The van der Waals surface area contributed by atoms with Gasteiger partial charge in [0.25, 0.3) is 0 Å². The van der Waals surface area contributed by atoms with Crippen molar-refractivity contribution in [3.63, 3.8) is 0 Å². The maximum absolute atomic E-state index is 12.2. The van der Waals surface area contributed by atoms with E-state index in [0.29, 0.717) is 25.3 Å². The quantitative estimate of drug-likeness (QED) is 0.261. The van der Waals surface area contributed by atoms with Gasteiger partial charge in [-0.1, -0.05) is 54.6 Å². The molecule has 0 radical (unpaired) electrons. The minimum Gasteiger partial charge on any atom is -0.494 e. The number of carbonyl (C=O) groups is 1. The summed E-state index contributed by atoms with van der Waals surface area (Å²) in [6, 6.07) is 24.5. The summed E-state index contributed by atoms with van der Waals surface area (Å²) in [7, 11) is 0. The Balaban J connectivity index is 1.43. The van der Waals surface area contributed by atoms with Crippen molar-refractivity contribution in [2.45, 2.75) is 19.9 Å². The van der Waals surface area contributed by atoms with E-state index in [1.807, 2.05) is 79.7 Å². The molecule has 0 fully saturated rings. The molecule has 1 amide bonds. The number of azo groups is 1. The number of aromatic hydroxyl groups is 1. The van der Waals surface area contributed by atoms with Crippen molar-refractivity contribution in [3.05, 3.63) is 84.4 Å². The van der Waals surface area contributed by atoms with Gasteiger partial charge >= 0.3 is 5.91 Å². The third-order valence-electron chi connectivity index (χ3n) is 5.16. The second kappa shape index (κ2) is 10.5. The average Bonchev–Trinajstić information content (AvgIpc) is 3.11. The van der Waals surface area contributed by atoms with Crippen molar-refractivity contribution in [2.24, 2.45) is 10.2 Å².